The fourth-order valence-electron chi connectivity index (χ4n) is 6.23. The van der Waals surface area contributed by atoms with Crippen LogP contribution in [-0.4, -0.2) is 61.6 Å². The van der Waals surface area contributed by atoms with E-state index in [4.69, 9.17) is 10.4 Å². The monoisotopic (exact) mass is 878 g/mol. The molecule has 0 atom stereocenters. The average Bonchev–Trinajstić information content (AvgIpc) is 3.58. The van der Waals surface area contributed by atoms with Gasteiger partial charge in [-0.1, -0.05) is 0 Å². The van der Waals surface area contributed by atoms with Crippen molar-refractivity contribution < 1.29 is 9.36 Å². The quantitative estimate of drug-likeness (QED) is 0.0622. The summed E-state index contributed by atoms with van der Waals surface area (Å²) in [5, 5.41) is 10.3. The van der Waals surface area contributed by atoms with Gasteiger partial charge in [-0.2, -0.15) is 0 Å². The molecule has 0 saturated carbocycles. The van der Waals surface area contributed by atoms with Crippen molar-refractivity contribution in [3.63, 3.8) is 0 Å². The zero-order valence-electron chi connectivity index (χ0n) is 29.5. The first-order chi connectivity index (χ1) is 23.6. The first-order valence-electron chi connectivity index (χ1n) is 18.1. The number of unbranched alkanes of at least 4 members (excludes halogenated alkanes) is 10. The number of rotatable bonds is 20. The van der Waals surface area contributed by atoms with E-state index >= 15 is 0 Å². The van der Waals surface area contributed by atoms with Gasteiger partial charge in [0, 0.05) is 0 Å². The number of benzene rings is 3. The Kier molecular flexibility index (Phi) is 15.1. The molecule has 0 radical (unpaired) electrons. The van der Waals surface area contributed by atoms with E-state index in [0.717, 1.165) is 13.1 Å². The Morgan fingerprint density at radius 3 is 1.31 bits per heavy atom. The van der Waals surface area contributed by atoms with Crippen LogP contribution in [0.5, 0.6) is 0 Å². The molecule has 0 spiro atoms. The van der Waals surface area contributed by atoms with Crippen molar-refractivity contribution in [2.75, 3.05) is 0 Å². The van der Waals surface area contributed by atoms with Gasteiger partial charge in [-0.05, 0) is 0 Å². The minimum absolute atomic E-state index is 0.639. The molecule has 0 fully saturated rings. The number of hydrogen-bond acceptors (Lipinski definition) is 2. The molecule has 2 heterocycles. The topological polar surface area (TPSA) is 43.4 Å². The molecule has 3 aromatic carbocycles. The van der Waals surface area contributed by atoms with Crippen molar-refractivity contribution in [3.05, 3.63) is 84.9 Å². The van der Waals surface area contributed by atoms with Crippen molar-refractivity contribution in [2.24, 2.45) is 14.1 Å². The first kappa shape index (κ1) is 36.8. The van der Waals surface area contributed by atoms with Gasteiger partial charge in [0.2, 0.25) is 0 Å². The fourth-order valence-corrected chi connectivity index (χ4v) is 12.5. The van der Waals surface area contributed by atoms with Crippen LogP contribution >= 0.6 is 0 Å². The molecule has 254 valence electrons. The van der Waals surface area contributed by atoms with Gasteiger partial charge in [0.25, 0.3) is 0 Å². The predicted molar refractivity (Wildman–Crippen MR) is 201 cm³/mol. The van der Waals surface area contributed by atoms with Gasteiger partial charge in [0.1, 0.15) is 0 Å². The summed E-state index contributed by atoms with van der Waals surface area (Å²) in [6, 6.07) is 31.3. The van der Waals surface area contributed by atoms with E-state index in [1.54, 1.807) is 0 Å². The van der Waals surface area contributed by atoms with E-state index in [2.05, 4.69) is 132 Å². The standard InChI is InChI=1S/C40H54N6Te2/c1-5-7-9-11-13-21-30-45-39(47-35-26-17-15-18-27-35)37(43(3)41-45)33-24-23-25-34(32-33)38-40(48-36-28-19-16-20-29-36)46(42-44(38)4)31-22-14-12-10-8-6-2/h15-20,23-29,32H,5-14,21-22,30-31H2,1-4H3/q+2. The van der Waals surface area contributed by atoms with Gasteiger partial charge in [0.05, 0.1) is 0 Å². The summed E-state index contributed by atoms with van der Waals surface area (Å²) >= 11 is -1.28. The molecule has 0 saturated heterocycles. The van der Waals surface area contributed by atoms with Crippen LogP contribution in [-0.2, 0) is 27.2 Å². The van der Waals surface area contributed by atoms with Gasteiger partial charge in [-0.25, -0.2) is 0 Å². The number of aryl methyl sites for hydroxylation is 4. The number of aromatic nitrogens is 6. The predicted octanol–water partition coefficient (Wildman–Crippen LogP) is 5.09. The second-order valence-corrected chi connectivity index (χ2v) is 18.8. The summed E-state index contributed by atoms with van der Waals surface area (Å²) in [7, 11) is 4.26. The Labute approximate surface area is 309 Å². The van der Waals surface area contributed by atoms with E-state index in [1.165, 1.54) is 114 Å². The normalized spacial score (nSPS) is 11.4. The van der Waals surface area contributed by atoms with Crippen LogP contribution in [0.25, 0.3) is 22.5 Å². The third-order valence-electron chi connectivity index (χ3n) is 8.78. The van der Waals surface area contributed by atoms with Gasteiger partial charge in [-0.15, -0.1) is 0 Å². The maximum atomic E-state index is 5.13. The van der Waals surface area contributed by atoms with Gasteiger partial charge < -0.3 is 0 Å². The molecule has 5 aromatic rings. The van der Waals surface area contributed by atoms with Crippen LogP contribution in [0, 0.1) is 0 Å². The van der Waals surface area contributed by atoms with Crippen molar-refractivity contribution in [1.29, 1.82) is 0 Å². The van der Waals surface area contributed by atoms with Crippen LogP contribution in [0.15, 0.2) is 84.9 Å². The van der Waals surface area contributed by atoms with Crippen molar-refractivity contribution in [2.45, 2.75) is 104 Å². The minimum atomic E-state index is -0.639. The van der Waals surface area contributed by atoms with Crippen molar-refractivity contribution in [1.82, 2.24) is 19.8 Å². The zero-order valence-corrected chi connectivity index (χ0v) is 34.1. The van der Waals surface area contributed by atoms with Crippen LogP contribution in [0.1, 0.15) is 90.9 Å². The summed E-state index contributed by atoms with van der Waals surface area (Å²) in [6.07, 6.45) is 15.5. The SMILES string of the molecule is CCCCCCCC[n+]1nn(C)c(-c2cccc(-c3c([Te]c4ccccc4)[n+](CCCCCCCC)nn3C)c2)c1[Te]c1ccccc1. The second kappa shape index (κ2) is 19.6. The third kappa shape index (κ3) is 10.3. The maximum absolute atomic E-state index is 5.13. The molecule has 0 bridgehead atoms. The second-order valence-electron chi connectivity index (χ2n) is 12.7. The van der Waals surface area contributed by atoms with Crippen LogP contribution < -0.4 is 24.1 Å². The molecule has 5 rings (SSSR count). The van der Waals surface area contributed by atoms with Crippen LogP contribution in [0.3, 0.4) is 0 Å². The Morgan fingerprint density at radius 1 is 0.500 bits per heavy atom. The fraction of sp³-hybridized carbons (Fsp3) is 0.450. The van der Waals surface area contributed by atoms with Crippen LogP contribution in [0.2, 0.25) is 0 Å². The third-order valence-corrected chi connectivity index (χ3v) is 15.1. The summed E-state index contributed by atoms with van der Waals surface area (Å²) in [6.45, 7) is 6.54. The van der Waals surface area contributed by atoms with Gasteiger partial charge in [0.15, 0.2) is 0 Å². The number of hydrogen-bond donors (Lipinski definition) is 0. The molecule has 0 aliphatic carbocycles. The molecule has 0 aliphatic heterocycles. The van der Waals surface area contributed by atoms with Gasteiger partial charge >= 0.3 is 311 Å². The Balaban J connectivity index is 1.48. The zero-order chi connectivity index (χ0) is 33.6. The van der Waals surface area contributed by atoms with Crippen molar-refractivity contribution >= 4 is 56.6 Å². The molecule has 6 nitrogen and oxygen atoms in total. The summed E-state index contributed by atoms with van der Waals surface area (Å²) in [5.74, 6) is 0. The van der Waals surface area contributed by atoms with E-state index in [9.17, 15) is 0 Å². The first-order valence-corrected chi connectivity index (χ1v) is 22.8. The van der Waals surface area contributed by atoms with E-state index in [0.29, 0.717) is 0 Å². The number of nitrogens with zero attached hydrogens (tertiary/aromatic N) is 6. The molecular formula is C40H54N6Te2+2. The van der Waals surface area contributed by atoms with Crippen LogP contribution in [0.4, 0.5) is 0 Å². The molecule has 0 N–H and O–H groups in total. The van der Waals surface area contributed by atoms with E-state index < -0.39 is 41.8 Å². The summed E-state index contributed by atoms with van der Waals surface area (Å²) in [4.78, 5) is 0. The molecule has 48 heavy (non-hydrogen) atoms. The molecular weight excluding hydrogens is 820 g/mol. The molecule has 0 amide bonds. The Morgan fingerprint density at radius 2 is 0.896 bits per heavy atom. The molecule has 2 aromatic heterocycles. The Hall–Kier alpha value is -2.48. The molecule has 0 unspecified atom stereocenters. The summed E-state index contributed by atoms with van der Waals surface area (Å²) < 4.78 is 14.7. The summed E-state index contributed by atoms with van der Waals surface area (Å²) in [5.41, 5.74) is 5.01. The Bertz CT molecular complexity index is 1560. The van der Waals surface area contributed by atoms with Crippen molar-refractivity contribution in [3.8, 4) is 22.5 Å². The molecule has 0 aliphatic rings. The van der Waals surface area contributed by atoms with Gasteiger partial charge in [-0.3, -0.25) is 0 Å². The average molecular weight is 874 g/mol. The van der Waals surface area contributed by atoms with E-state index in [-0.39, 0.29) is 0 Å². The molecule has 8 heteroatoms. The van der Waals surface area contributed by atoms with E-state index in [1.807, 2.05) is 0 Å².